The molecule has 1 aromatic rings. The van der Waals surface area contributed by atoms with E-state index >= 15 is 0 Å². The van der Waals surface area contributed by atoms with E-state index in [4.69, 9.17) is 23.2 Å². The standard InChI is InChI=1S/C15H17Cl2NO/c1-18(15(19)11-6-3-2-4-7-11)10-12-8-5-9-13(16)14(12)17/h2-3,5,8-9,11H,4,6-7,10H2,1H3. The van der Waals surface area contributed by atoms with Crippen molar-refractivity contribution < 1.29 is 4.79 Å². The van der Waals surface area contributed by atoms with Crippen LogP contribution >= 0.6 is 23.2 Å². The monoisotopic (exact) mass is 297 g/mol. The van der Waals surface area contributed by atoms with Crippen LogP contribution in [-0.4, -0.2) is 17.9 Å². The van der Waals surface area contributed by atoms with Crippen molar-refractivity contribution in [1.82, 2.24) is 4.90 Å². The molecule has 0 aliphatic heterocycles. The highest BCUT2D eigenvalue weighted by Gasteiger charge is 2.22. The van der Waals surface area contributed by atoms with Crippen LogP contribution in [0.1, 0.15) is 24.8 Å². The van der Waals surface area contributed by atoms with Gasteiger partial charge in [0.1, 0.15) is 0 Å². The Morgan fingerprint density at radius 2 is 2.16 bits per heavy atom. The zero-order chi connectivity index (χ0) is 13.8. The summed E-state index contributed by atoms with van der Waals surface area (Å²) in [4.78, 5) is 14.1. The van der Waals surface area contributed by atoms with Crippen molar-refractivity contribution in [3.05, 3.63) is 46.0 Å². The normalized spacial score (nSPS) is 18.4. The predicted molar refractivity (Wildman–Crippen MR) is 79.4 cm³/mol. The maximum Gasteiger partial charge on any atom is 0.226 e. The van der Waals surface area contributed by atoms with E-state index in [1.807, 2.05) is 19.2 Å². The Hall–Kier alpha value is -0.990. The van der Waals surface area contributed by atoms with Crippen LogP contribution in [0, 0.1) is 5.92 Å². The SMILES string of the molecule is CN(Cc1cccc(Cl)c1Cl)C(=O)C1CC=CCC1. The molecule has 0 N–H and O–H groups in total. The lowest BCUT2D eigenvalue weighted by molar-refractivity contribution is -0.135. The van der Waals surface area contributed by atoms with Crippen LogP contribution in [0.3, 0.4) is 0 Å². The fraction of sp³-hybridized carbons (Fsp3) is 0.400. The second-order valence-electron chi connectivity index (χ2n) is 4.89. The van der Waals surface area contributed by atoms with E-state index in [1.165, 1.54) is 0 Å². The molecule has 0 saturated heterocycles. The summed E-state index contributed by atoms with van der Waals surface area (Å²) in [5, 5.41) is 1.06. The van der Waals surface area contributed by atoms with Crippen LogP contribution in [0.25, 0.3) is 0 Å². The lowest BCUT2D eigenvalue weighted by Crippen LogP contribution is -2.33. The number of hydrogen-bond acceptors (Lipinski definition) is 1. The smallest absolute Gasteiger partial charge is 0.226 e. The van der Waals surface area contributed by atoms with E-state index in [1.54, 1.807) is 11.0 Å². The highest BCUT2D eigenvalue weighted by atomic mass is 35.5. The molecule has 1 atom stereocenters. The number of rotatable bonds is 3. The summed E-state index contributed by atoms with van der Waals surface area (Å²) < 4.78 is 0. The van der Waals surface area contributed by atoms with Gasteiger partial charge in [-0.25, -0.2) is 0 Å². The first-order valence-electron chi connectivity index (χ1n) is 6.42. The van der Waals surface area contributed by atoms with Gasteiger partial charge in [-0.3, -0.25) is 4.79 Å². The van der Waals surface area contributed by atoms with Gasteiger partial charge in [0.25, 0.3) is 0 Å². The van der Waals surface area contributed by atoms with E-state index in [0.717, 1.165) is 24.8 Å². The molecule has 0 heterocycles. The highest BCUT2D eigenvalue weighted by molar-refractivity contribution is 6.42. The van der Waals surface area contributed by atoms with E-state index in [2.05, 4.69) is 12.2 Å². The number of carbonyl (C=O) groups is 1. The van der Waals surface area contributed by atoms with Gasteiger partial charge in [-0.2, -0.15) is 0 Å². The van der Waals surface area contributed by atoms with Gasteiger partial charge in [0.05, 0.1) is 10.0 Å². The number of hydrogen-bond donors (Lipinski definition) is 0. The summed E-state index contributed by atoms with van der Waals surface area (Å²) in [7, 11) is 1.82. The fourth-order valence-corrected chi connectivity index (χ4v) is 2.71. The van der Waals surface area contributed by atoms with Gasteiger partial charge in [0.15, 0.2) is 0 Å². The van der Waals surface area contributed by atoms with Gasteiger partial charge in [-0.15, -0.1) is 0 Å². The summed E-state index contributed by atoms with van der Waals surface area (Å²) in [5.41, 5.74) is 0.886. The van der Waals surface area contributed by atoms with Gasteiger partial charge < -0.3 is 4.90 Å². The fourth-order valence-electron chi connectivity index (χ4n) is 2.33. The Labute approximate surface area is 124 Å². The molecular formula is C15H17Cl2NO. The summed E-state index contributed by atoms with van der Waals surface area (Å²) >= 11 is 12.1. The zero-order valence-corrected chi connectivity index (χ0v) is 12.4. The number of halogens is 2. The van der Waals surface area contributed by atoms with E-state index in [9.17, 15) is 4.79 Å². The van der Waals surface area contributed by atoms with Gasteiger partial charge in [-0.1, -0.05) is 47.5 Å². The van der Waals surface area contributed by atoms with Crippen molar-refractivity contribution >= 4 is 29.1 Å². The molecule has 0 radical (unpaired) electrons. The Bertz CT molecular complexity index is 499. The third-order valence-electron chi connectivity index (χ3n) is 3.43. The Morgan fingerprint density at radius 3 is 2.84 bits per heavy atom. The predicted octanol–water partition coefficient (Wildman–Crippen LogP) is 4.31. The Kier molecular flexibility index (Phi) is 4.89. The minimum absolute atomic E-state index is 0.105. The Balaban J connectivity index is 2.04. The van der Waals surface area contributed by atoms with Crippen molar-refractivity contribution in [2.24, 2.45) is 5.92 Å². The van der Waals surface area contributed by atoms with Crippen LogP contribution in [0.5, 0.6) is 0 Å². The van der Waals surface area contributed by atoms with E-state index in [-0.39, 0.29) is 11.8 Å². The molecule has 102 valence electrons. The molecule has 1 amide bonds. The lowest BCUT2D eigenvalue weighted by atomic mass is 9.93. The number of nitrogens with zero attached hydrogens (tertiary/aromatic N) is 1. The zero-order valence-electron chi connectivity index (χ0n) is 10.9. The molecule has 0 bridgehead atoms. The second-order valence-corrected chi connectivity index (χ2v) is 5.67. The molecule has 0 aromatic heterocycles. The van der Waals surface area contributed by atoms with E-state index in [0.29, 0.717) is 16.6 Å². The number of allylic oxidation sites excluding steroid dienone is 2. The maximum absolute atomic E-state index is 12.3. The molecule has 1 unspecified atom stereocenters. The molecule has 1 aromatic carbocycles. The van der Waals surface area contributed by atoms with Crippen LogP contribution in [0.2, 0.25) is 10.0 Å². The maximum atomic E-state index is 12.3. The molecule has 0 spiro atoms. The first-order chi connectivity index (χ1) is 9.09. The number of amides is 1. The molecule has 0 saturated carbocycles. The van der Waals surface area contributed by atoms with Gasteiger partial charge in [0, 0.05) is 19.5 Å². The van der Waals surface area contributed by atoms with Crippen molar-refractivity contribution in [1.29, 1.82) is 0 Å². The first-order valence-corrected chi connectivity index (χ1v) is 7.18. The van der Waals surface area contributed by atoms with Crippen LogP contribution in [0.15, 0.2) is 30.4 Å². The minimum atomic E-state index is 0.105. The van der Waals surface area contributed by atoms with Crippen molar-refractivity contribution in [2.45, 2.75) is 25.8 Å². The molecular weight excluding hydrogens is 281 g/mol. The third kappa shape index (κ3) is 3.52. The van der Waals surface area contributed by atoms with E-state index < -0.39 is 0 Å². The Morgan fingerprint density at radius 1 is 1.37 bits per heavy atom. The molecule has 0 fully saturated rings. The number of benzene rings is 1. The molecule has 19 heavy (non-hydrogen) atoms. The summed E-state index contributed by atoms with van der Waals surface area (Å²) in [6, 6.07) is 5.51. The molecule has 1 aliphatic rings. The summed E-state index contributed by atoms with van der Waals surface area (Å²) in [5.74, 6) is 0.286. The first kappa shape index (κ1) is 14.4. The minimum Gasteiger partial charge on any atom is -0.341 e. The average Bonchev–Trinajstić information content (AvgIpc) is 2.44. The molecule has 4 heteroatoms. The topological polar surface area (TPSA) is 20.3 Å². The number of carbonyl (C=O) groups excluding carboxylic acids is 1. The molecule has 1 aliphatic carbocycles. The van der Waals surface area contributed by atoms with Crippen LogP contribution in [0.4, 0.5) is 0 Å². The highest BCUT2D eigenvalue weighted by Crippen LogP contribution is 2.27. The van der Waals surface area contributed by atoms with Crippen LogP contribution < -0.4 is 0 Å². The quantitative estimate of drug-likeness (QED) is 0.762. The largest absolute Gasteiger partial charge is 0.341 e. The average molecular weight is 298 g/mol. The van der Waals surface area contributed by atoms with Gasteiger partial charge in [0.2, 0.25) is 5.91 Å². The molecule has 2 nitrogen and oxygen atoms in total. The lowest BCUT2D eigenvalue weighted by Gasteiger charge is -2.25. The van der Waals surface area contributed by atoms with Gasteiger partial charge >= 0.3 is 0 Å². The summed E-state index contributed by atoms with van der Waals surface area (Å²) in [6.45, 7) is 0.498. The summed E-state index contributed by atoms with van der Waals surface area (Å²) in [6.07, 6.45) is 6.99. The molecule has 2 rings (SSSR count). The third-order valence-corrected chi connectivity index (χ3v) is 4.29. The van der Waals surface area contributed by atoms with Crippen molar-refractivity contribution in [2.75, 3.05) is 7.05 Å². The van der Waals surface area contributed by atoms with Crippen molar-refractivity contribution in [3.8, 4) is 0 Å². The van der Waals surface area contributed by atoms with Crippen LogP contribution in [-0.2, 0) is 11.3 Å². The second kappa shape index (κ2) is 6.44. The van der Waals surface area contributed by atoms with Crippen molar-refractivity contribution in [3.63, 3.8) is 0 Å². The van der Waals surface area contributed by atoms with Gasteiger partial charge in [-0.05, 0) is 30.9 Å².